The molecule has 4 aromatic rings. The molecule has 0 aliphatic heterocycles. The molecular formula is C27H28N4O2S. The van der Waals surface area contributed by atoms with Crippen molar-refractivity contribution in [2.45, 2.75) is 46.2 Å². The van der Waals surface area contributed by atoms with Crippen LogP contribution in [0.25, 0.3) is 0 Å². The zero-order valence-electron chi connectivity index (χ0n) is 19.6. The zero-order chi connectivity index (χ0) is 24.1. The fourth-order valence-corrected chi connectivity index (χ4v) is 4.74. The highest BCUT2D eigenvalue weighted by atomic mass is 32.1. The second-order valence-corrected chi connectivity index (χ2v) is 9.41. The summed E-state index contributed by atoms with van der Waals surface area (Å²) in [5.74, 6) is -0.374. The van der Waals surface area contributed by atoms with Crippen LogP contribution >= 0.6 is 11.3 Å². The van der Waals surface area contributed by atoms with E-state index in [2.05, 4.69) is 27.4 Å². The zero-order valence-corrected chi connectivity index (χ0v) is 20.4. The van der Waals surface area contributed by atoms with E-state index >= 15 is 0 Å². The molecule has 1 N–H and O–H groups in total. The van der Waals surface area contributed by atoms with Crippen LogP contribution in [0.2, 0.25) is 0 Å². The third-order valence-electron chi connectivity index (χ3n) is 5.82. The molecule has 0 aliphatic carbocycles. The van der Waals surface area contributed by atoms with Crippen molar-refractivity contribution in [1.82, 2.24) is 19.9 Å². The van der Waals surface area contributed by atoms with Crippen molar-refractivity contribution in [2.24, 2.45) is 0 Å². The SMILES string of the molecule is Cc1nc([C@H](C)NC(=O)c2c(CCc3ccccc3)n(Cc3ccccn3)c(C)cc2=O)cs1. The highest BCUT2D eigenvalue weighted by molar-refractivity contribution is 7.09. The molecule has 0 spiro atoms. The van der Waals surface area contributed by atoms with Gasteiger partial charge in [0.2, 0.25) is 0 Å². The van der Waals surface area contributed by atoms with E-state index in [4.69, 9.17) is 0 Å². The maximum Gasteiger partial charge on any atom is 0.257 e. The molecule has 3 aromatic heterocycles. The van der Waals surface area contributed by atoms with Crippen molar-refractivity contribution in [3.63, 3.8) is 0 Å². The third kappa shape index (κ3) is 5.48. The largest absolute Gasteiger partial charge is 0.344 e. The number of nitrogens with one attached hydrogen (secondary N) is 1. The number of pyridine rings is 2. The fraction of sp³-hybridized carbons (Fsp3) is 0.259. The molecule has 1 atom stereocenters. The fourth-order valence-electron chi connectivity index (χ4n) is 4.04. The minimum absolute atomic E-state index is 0.191. The van der Waals surface area contributed by atoms with Gasteiger partial charge < -0.3 is 9.88 Å². The lowest BCUT2D eigenvalue weighted by Gasteiger charge is -2.21. The minimum Gasteiger partial charge on any atom is -0.344 e. The number of hydrogen-bond donors (Lipinski definition) is 1. The summed E-state index contributed by atoms with van der Waals surface area (Å²) in [7, 11) is 0. The molecule has 34 heavy (non-hydrogen) atoms. The predicted octanol–water partition coefficient (Wildman–Crippen LogP) is 4.64. The lowest BCUT2D eigenvalue weighted by atomic mass is 10.0. The van der Waals surface area contributed by atoms with Crippen LogP contribution in [-0.4, -0.2) is 20.4 Å². The first-order valence-corrected chi connectivity index (χ1v) is 12.2. The van der Waals surface area contributed by atoms with Gasteiger partial charge >= 0.3 is 0 Å². The van der Waals surface area contributed by atoms with Crippen LogP contribution in [0.5, 0.6) is 0 Å². The molecule has 0 saturated heterocycles. The van der Waals surface area contributed by atoms with E-state index in [0.29, 0.717) is 19.4 Å². The van der Waals surface area contributed by atoms with Crippen LogP contribution in [0.15, 0.2) is 71.0 Å². The summed E-state index contributed by atoms with van der Waals surface area (Å²) in [4.78, 5) is 35.5. The highest BCUT2D eigenvalue weighted by Gasteiger charge is 2.23. The highest BCUT2D eigenvalue weighted by Crippen LogP contribution is 2.19. The number of benzene rings is 1. The van der Waals surface area contributed by atoms with Crippen LogP contribution in [0.1, 0.15) is 56.7 Å². The molecule has 4 rings (SSSR count). The standard InChI is InChI=1S/C27H28N4O2S/c1-18-15-25(32)26(27(33)29-19(2)23-17-34-20(3)30-23)24(13-12-21-9-5-4-6-10-21)31(18)16-22-11-7-8-14-28-22/h4-11,14-15,17,19H,12-13,16H2,1-3H3,(H,29,33)/t19-/m0/s1. The average Bonchev–Trinajstić information content (AvgIpc) is 3.27. The molecule has 0 bridgehead atoms. The van der Waals surface area contributed by atoms with Crippen LogP contribution < -0.4 is 10.7 Å². The van der Waals surface area contributed by atoms with Crippen molar-refractivity contribution in [1.29, 1.82) is 0 Å². The van der Waals surface area contributed by atoms with Gasteiger partial charge in [-0.05, 0) is 51.3 Å². The van der Waals surface area contributed by atoms with Gasteiger partial charge in [-0.2, -0.15) is 0 Å². The van der Waals surface area contributed by atoms with Gasteiger partial charge in [-0.3, -0.25) is 14.6 Å². The third-order valence-corrected chi connectivity index (χ3v) is 6.61. The molecule has 3 heterocycles. The van der Waals surface area contributed by atoms with Gasteiger partial charge in [-0.1, -0.05) is 36.4 Å². The second kappa shape index (κ2) is 10.6. The van der Waals surface area contributed by atoms with E-state index in [9.17, 15) is 9.59 Å². The van der Waals surface area contributed by atoms with Crippen LogP contribution in [0.4, 0.5) is 0 Å². The maximum absolute atomic E-state index is 13.4. The number of thiazole rings is 1. The van der Waals surface area contributed by atoms with Gasteiger partial charge in [0.25, 0.3) is 5.91 Å². The van der Waals surface area contributed by atoms with E-state index in [1.54, 1.807) is 12.3 Å². The van der Waals surface area contributed by atoms with Crippen molar-refractivity contribution < 1.29 is 4.79 Å². The average molecular weight is 473 g/mol. The Hall–Kier alpha value is -3.58. The van der Waals surface area contributed by atoms with Crippen molar-refractivity contribution in [3.8, 4) is 0 Å². The van der Waals surface area contributed by atoms with Crippen molar-refractivity contribution in [2.75, 3.05) is 0 Å². The van der Waals surface area contributed by atoms with E-state index in [1.165, 1.54) is 11.3 Å². The quantitative estimate of drug-likeness (QED) is 0.405. The van der Waals surface area contributed by atoms with Gasteiger partial charge in [0.1, 0.15) is 5.56 Å². The molecule has 0 fully saturated rings. The summed E-state index contributed by atoms with van der Waals surface area (Å²) < 4.78 is 2.04. The predicted molar refractivity (Wildman–Crippen MR) is 135 cm³/mol. The van der Waals surface area contributed by atoms with E-state index in [0.717, 1.165) is 33.3 Å². The van der Waals surface area contributed by atoms with Gasteiger partial charge in [0.15, 0.2) is 5.43 Å². The van der Waals surface area contributed by atoms with Crippen LogP contribution in [0.3, 0.4) is 0 Å². The van der Waals surface area contributed by atoms with E-state index in [-0.39, 0.29) is 22.9 Å². The molecule has 0 aliphatic rings. The lowest BCUT2D eigenvalue weighted by molar-refractivity contribution is 0.0936. The molecule has 1 aromatic carbocycles. The number of nitrogens with zero attached hydrogens (tertiary/aromatic N) is 3. The Bertz CT molecular complexity index is 1330. The molecule has 6 nitrogen and oxygen atoms in total. The Morgan fingerprint density at radius 3 is 2.53 bits per heavy atom. The molecule has 0 radical (unpaired) electrons. The Balaban J connectivity index is 1.73. The summed E-state index contributed by atoms with van der Waals surface area (Å²) in [5.41, 5.74) is 4.26. The minimum atomic E-state index is -0.374. The topological polar surface area (TPSA) is 76.9 Å². The van der Waals surface area contributed by atoms with Gasteiger partial charge in [0, 0.05) is 29.0 Å². The number of aryl methyl sites for hydroxylation is 3. The Kier molecular flexibility index (Phi) is 7.33. The normalized spacial score (nSPS) is 11.9. The summed E-state index contributed by atoms with van der Waals surface area (Å²) in [5, 5.41) is 5.87. The number of hydrogen-bond acceptors (Lipinski definition) is 5. The maximum atomic E-state index is 13.4. The number of carbonyl (C=O) groups excluding carboxylic acids is 1. The Labute approximate surface area is 203 Å². The molecule has 7 heteroatoms. The second-order valence-electron chi connectivity index (χ2n) is 8.35. The van der Waals surface area contributed by atoms with Gasteiger partial charge in [-0.15, -0.1) is 11.3 Å². The van der Waals surface area contributed by atoms with Gasteiger partial charge in [-0.25, -0.2) is 4.98 Å². The first-order chi connectivity index (χ1) is 16.4. The molecule has 0 unspecified atom stereocenters. The number of rotatable bonds is 8. The van der Waals surface area contributed by atoms with E-state index < -0.39 is 0 Å². The summed E-state index contributed by atoms with van der Waals surface area (Å²) in [6, 6.07) is 17.1. The van der Waals surface area contributed by atoms with Gasteiger partial charge in [0.05, 0.1) is 29.0 Å². The van der Waals surface area contributed by atoms with Crippen LogP contribution in [-0.2, 0) is 19.4 Å². The summed E-state index contributed by atoms with van der Waals surface area (Å²) >= 11 is 1.54. The molecule has 0 saturated carbocycles. The first-order valence-electron chi connectivity index (χ1n) is 11.3. The number of aromatic nitrogens is 3. The van der Waals surface area contributed by atoms with E-state index in [1.807, 2.05) is 67.1 Å². The summed E-state index contributed by atoms with van der Waals surface area (Å²) in [6.07, 6.45) is 3.02. The lowest BCUT2D eigenvalue weighted by Crippen LogP contribution is -2.34. The number of amides is 1. The van der Waals surface area contributed by atoms with Crippen molar-refractivity contribution in [3.05, 3.63) is 115 Å². The smallest absolute Gasteiger partial charge is 0.257 e. The van der Waals surface area contributed by atoms with Crippen molar-refractivity contribution >= 4 is 17.2 Å². The summed E-state index contributed by atoms with van der Waals surface area (Å²) in [6.45, 7) is 6.20. The first kappa shape index (κ1) is 23.6. The molecule has 1 amide bonds. The molecule has 174 valence electrons. The monoisotopic (exact) mass is 472 g/mol. The number of carbonyl (C=O) groups is 1. The Morgan fingerprint density at radius 2 is 1.85 bits per heavy atom. The molecular weight excluding hydrogens is 444 g/mol. The van der Waals surface area contributed by atoms with Crippen LogP contribution in [0, 0.1) is 13.8 Å². The Morgan fingerprint density at radius 1 is 1.09 bits per heavy atom.